The molecule has 0 spiro atoms. The van der Waals surface area contributed by atoms with E-state index in [1.54, 1.807) is 48.5 Å². The molecule has 0 aliphatic heterocycles. The third kappa shape index (κ3) is 6.47. The maximum atomic E-state index is 12.0. The van der Waals surface area contributed by atoms with Gasteiger partial charge < -0.3 is 14.8 Å². The molecule has 27 heavy (non-hydrogen) atoms. The molecule has 0 aliphatic rings. The molecule has 2 rings (SSSR count). The Morgan fingerprint density at radius 2 is 1.78 bits per heavy atom. The van der Waals surface area contributed by atoms with E-state index in [4.69, 9.17) is 9.47 Å². The van der Waals surface area contributed by atoms with Crippen molar-refractivity contribution in [2.45, 2.75) is 26.9 Å². The van der Waals surface area contributed by atoms with Crippen molar-refractivity contribution in [3.63, 3.8) is 0 Å². The monoisotopic (exact) mass is 369 g/mol. The van der Waals surface area contributed by atoms with Crippen molar-refractivity contribution in [2.24, 2.45) is 5.10 Å². The molecule has 142 valence electrons. The average Bonchev–Trinajstić information content (AvgIpc) is 2.64. The molecule has 7 nitrogen and oxygen atoms in total. The maximum Gasteiger partial charge on any atom is 0.329 e. The first-order chi connectivity index (χ1) is 13.0. The van der Waals surface area contributed by atoms with E-state index in [1.165, 1.54) is 6.21 Å². The summed E-state index contributed by atoms with van der Waals surface area (Å²) >= 11 is 0. The summed E-state index contributed by atoms with van der Waals surface area (Å²) < 4.78 is 11.0. The first-order valence-electron chi connectivity index (χ1n) is 8.62. The Kier molecular flexibility index (Phi) is 7.37. The SMILES string of the molecule is CCOc1ccccc1NC(=O)C(=O)N/N=C\c1ccc(OC(C)C)cc1. The minimum atomic E-state index is -0.877. The van der Waals surface area contributed by atoms with Crippen LogP contribution in [0.1, 0.15) is 26.3 Å². The Bertz CT molecular complexity index is 801. The quantitative estimate of drug-likeness (QED) is 0.446. The molecule has 0 bridgehead atoms. The molecule has 0 atom stereocenters. The number of hydrogen-bond donors (Lipinski definition) is 2. The van der Waals surface area contributed by atoms with Crippen LogP contribution in [0.4, 0.5) is 5.69 Å². The number of para-hydroxylation sites is 2. The fourth-order valence-electron chi connectivity index (χ4n) is 2.15. The van der Waals surface area contributed by atoms with E-state index in [-0.39, 0.29) is 6.10 Å². The molecule has 2 N–H and O–H groups in total. The van der Waals surface area contributed by atoms with Gasteiger partial charge in [-0.15, -0.1) is 0 Å². The predicted octanol–water partition coefficient (Wildman–Crippen LogP) is 2.96. The maximum absolute atomic E-state index is 12.0. The molecule has 2 amide bonds. The van der Waals surface area contributed by atoms with Gasteiger partial charge in [-0.3, -0.25) is 9.59 Å². The molecule has 0 unspecified atom stereocenters. The Morgan fingerprint density at radius 1 is 1.07 bits per heavy atom. The Balaban J connectivity index is 1.89. The van der Waals surface area contributed by atoms with E-state index in [0.29, 0.717) is 18.0 Å². The van der Waals surface area contributed by atoms with Crippen molar-refractivity contribution < 1.29 is 19.1 Å². The van der Waals surface area contributed by atoms with E-state index >= 15 is 0 Å². The number of anilines is 1. The van der Waals surface area contributed by atoms with E-state index < -0.39 is 11.8 Å². The lowest BCUT2D eigenvalue weighted by Gasteiger charge is -2.10. The summed E-state index contributed by atoms with van der Waals surface area (Å²) in [6, 6.07) is 14.1. The highest BCUT2D eigenvalue weighted by molar-refractivity contribution is 6.39. The summed E-state index contributed by atoms with van der Waals surface area (Å²) in [6.45, 7) is 6.18. The molecule has 0 saturated carbocycles. The highest BCUT2D eigenvalue weighted by Gasteiger charge is 2.15. The van der Waals surface area contributed by atoms with Crippen LogP contribution >= 0.6 is 0 Å². The molecular weight excluding hydrogens is 346 g/mol. The van der Waals surface area contributed by atoms with Crippen LogP contribution in [0.5, 0.6) is 11.5 Å². The third-order valence-corrected chi connectivity index (χ3v) is 3.27. The molecule has 7 heteroatoms. The van der Waals surface area contributed by atoms with Crippen molar-refractivity contribution in [2.75, 3.05) is 11.9 Å². The predicted molar refractivity (Wildman–Crippen MR) is 104 cm³/mol. The Hall–Kier alpha value is -3.35. The average molecular weight is 369 g/mol. The van der Waals surface area contributed by atoms with Crippen LogP contribution in [-0.4, -0.2) is 30.7 Å². The first kappa shape index (κ1) is 20.0. The highest BCUT2D eigenvalue weighted by atomic mass is 16.5. The standard InChI is InChI=1S/C20H23N3O4/c1-4-26-18-8-6-5-7-17(18)22-19(24)20(25)23-21-13-15-9-11-16(12-10-15)27-14(2)3/h5-14H,4H2,1-3H3,(H,22,24)(H,23,25)/b21-13-. The second-order valence-corrected chi connectivity index (χ2v) is 5.82. The van der Waals surface area contributed by atoms with E-state index in [9.17, 15) is 9.59 Å². The van der Waals surface area contributed by atoms with Crippen molar-refractivity contribution in [3.8, 4) is 11.5 Å². The smallest absolute Gasteiger partial charge is 0.329 e. The zero-order valence-electron chi connectivity index (χ0n) is 15.6. The van der Waals surface area contributed by atoms with Gasteiger partial charge in [0.05, 0.1) is 24.6 Å². The van der Waals surface area contributed by atoms with Crippen LogP contribution in [0.3, 0.4) is 0 Å². The number of benzene rings is 2. The van der Waals surface area contributed by atoms with Gasteiger partial charge in [-0.2, -0.15) is 5.10 Å². The van der Waals surface area contributed by atoms with Crippen LogP contribution in [0, 0.1) is 0 Å². The third-order valence-electron chi connectivity index (χ3n) is 3.27. The van der Waals surface area contributed by atoms with Gasteiger partial charge in [0, 0.05) is 0 Å². The summed E-state index contributed by atoms with van der Waals surface area (Å²) in [6.07, 6.45) is 1.54. The summed E-state index contributed by atoms with van der Waals surface area (Å²) in [5.41, 5.74) is 3.37. The molecule has 0 aliphatic carbocycles. The van der Waals surface area contributed by atoms with Gasteiger partial charge in [0.25, 0.3) is 0 Å². The Labute approximate surface area is 158 Å². The lowest BCUT2D eigenvalue weighted by Crippen LogP contribution is -2.32. The minimum absolute atomic E-state index is 0.0928. The summed E-state index contributed by atoms with van der Waals surface area (Å²) in [7, 11) is 0. The van der Waals surface area contributed by atoms with E-state index in [2.05, 4.69) is 15.8 Å². The van der Waals surface area contributed by atoms with E-state index in [1.807, 2.05) is 20.8 Å². The highest BCUT2D eigenvalue weighted by Crippen LogP contribution is 2.23. The van der Waals surface area contributed by atoms with Gasteiger partial charge in [-0.05, 0) is 62.7 Å². The molecule has 0 heterocycles. The molecule has 2 aromatic carbocycles. The molecule has 2 aromatic rings. The number of nitrogens with zero attached hydrogens (tertiary/aromatic N) is 1. The number of rotatable bonds is 7. The largest absolute Gasteiger partial charge is 0.492 e. The van der Waals surface area contributed by atoms with Crippen molar-refractivity contribution in [1.82, 2.24) is 5.43 Å². The van der Waals surface area contributed by atoms with Gasteiger partial charge in [0.15, 0.2) is 0 Å². The Morgan fingerprint density at radius 3 is 2.44 bits per heavy atom. The first-order valence-corrected chi connectivity index (χ1v) is 8.62. The van der Waals surface area contributed by atoms with Crippen LogP contribution in [0.15, 0.2) is 53.6 Å². The number of nitrogens with one attached hydrogen (secondary N) is 2. The lowest BCUT2D eigenvalue weighted by atomic mass is 10.2. The summed E-state index contributed by atoms with van der Waals surface area (Å²) in [5, 5.41) is 6.30. The number of ether oxygens (including phenoxy) is 2. The van der Waals surface area contributed by atoms with E-state index in [0.717, 1.165) is 11.3 Å². The van der Waals surface area contributed by atoms with Crippen molar-refractivity contribution in [1.29, 1.82) is 0 Å². The normalized spacial score (nSPS) is 10.7. The van der Waals surface area contributed by atoms with Crippen LogP contribution in [0.2, 0.25) is 0 Å². The lowest BCUT2D eigenvalue weighted by molar-refractivity contribution is -0.136. The number of hydrazone groups is 1. The summed E-state index contributed by atoms with van der Waals surface area (Å²) in [4.78, 5) is 23.9. The second kappa shape index (κ2) is 9.96. The van der Waals surface area contributed by atoms with Gasteiger partial charge in [-0.25, -0.2) is 5.43 Å². The zero-order chi connectivity index (χ0) is 19.6. The molecule has 0 fully saturated rings. The molecule has 0 radical (unpaired) electrons. The fraction of sp³-hybridized carbons (Fsp3) is 0.250. The minimum Gasteiger partial charge on any atom is -0.492 e. The van der Waals surface area contributed by atoms with Crippen LogP contribution < -0.4 is 20.2 Å². The van der Waals surface area contributed by atoms with Crippen molar-refractivity contribution >= 4 is 23.7 Å². The molecule has 0 aromatic heterocycles. The van der Waals surface area contributed by atoms with Gasteiger partial charge in [-0.1, -0.05) is 12.1 Å². The second-order valence-electron chi connectivity index (χ2n) is 5.82. The number of carbonyl (C=O) groups is 2. The molecular formula is C20H23N3O4. The van der Waals surface area contributed by atoms with Crippen molar-refractivity contribution in [3.05, 3.63) is 54.1 Å². The van der Waals surface area contributed by atoms with Gasteiger partial charge >= 0.3 is 11.8 Å². The number of amides is 2. The van der Waals surface area contributed by atoms with Gasteiger partial charge in [0.1, 0.15) is 11.5 Å². The zero-order valence-corrected chi connectivity index (χ0v) is 15.6. The number of hydrogen-bond acceptors (Lipinski definition) is 5. The molecule has 0 saturated heterocycles. The van der Waals surface area contributed by atoms with Crippen LogP contribution in [-0.2, 0) is 9.59 Å². The van der Waals surface area contributed by atoms with Gasteiger partial charge in [0.2, 0.25) is 0 Å². The summed E-state index contributed by atoms with van der Waals surface area (Å²) in [5.74, 6) is -0.468. The fourth-order valence-corrected chi connectivity index (χ4v) is 2.15. The van der Waals surface area contributed by atoms with Crippen LogP contribution in [0.25, 0.3) is 0 Å². The number of carbonyl (C=O) groups excluding carboxylic acids is 2. The topological polar surface area (TPSA) is 89.0 Å².